The highest BCUT2D eigenvalue weighted by molar-refractivity contribution is 6.05. The highest BCUT2D eigenvalue weighted by Crippen LogP contribution is 2.42. The number of hydrogen-bond acceptors (Lipinski definition) is 7. The van der Waals surface area contributed by atoms with Gasteiger partial charge in [0.1, 0.15) is 12.2 Å². The highest BCUT2D eigenvalue weighted by Gasteiger charge is 2.65. The lowest BCUT2D eigenvalue weighted by molar-refractivity contribution is -0.0918. The number of nitrogens with zero attached hydrogens (tertiary/aromatic N) is 2. The second kappa shape index (κ2) is 8.54. The van der Waals surface area contributed by atoms with Crippen molar-refractivity contribution in [3.8, 4) is 0 Å². The van der Waals surface area contributed by atoms with Gasteiger partial charge in [-0.15, -0.1) is 0 Å². The number of rotatable bonds is 6. The van der Waals surface area contributed by atoms with Crippen LogP contribution in [0.2, 0.25) is 0 Å². The minimum atomic E-state index is -2.95. The van der Waals surface area contributed by atoms with E-state index in [0.29, 0.717) is 0 Å². The predicted octanol–water partition coefficient (Wildman–Crippen LogP) is 1.34. The summed E-state index contributed by atoms with van der Waals surface area (Å²) in [6, 6.07) is 16.4. The first-order valence-corrected chi connectivity index (χ1v) is 9.78. The van der Waals surface area contributed by atoms with Crippen LogP contribution in [0.3, 0.4) is 0 Å². The van der Waals surface area contributed by atoms with Gasteiger partial charge in [0, 0.05) is 23.5 Å². The number of aromatic nitrogens is 2. The van der Waals surface area contributed by atoms with E-state index < -0.39 is 47.5 Å². The van der Waals surface area contributed by atoms with Crippen molar-refractivity contribution in [2.24, 2.45) is 0 Å². The Balaban J connectivity index is 1.79. The number of hydrogen-bond donors (Lipinski definition) is 2. The molecule has 0 amide bonds. The van der Waals surface area contributed by atoms with Crippen molar-refractivity contribution in [2.45, 2.75) is 30.2 Å². The summed E-state index contributed by atoms with van der Waals surface area (Å²) in [6.07, 6.45) is -6.00. The first-order valence-electron chi connectivity index (χ1n) is 9.78. The van der Waals surface area contributed by atoms with Gasteiger partial charge in [-0.1, -0.05) is 60.7 Å². The minimum absolute atomic E-state index is 0.0511. The summed E-state index contributed by atoms with van der Waals surface area (Å²) >= 11 is 0. The van der Waals surface area contributed by atoms with Crippen LogP contribution in [-0.2, 0) is 4.74 Å². The van der Waals surface area contributed by atoms with Crippen LogP contribution in [0.15, 0.2) is 83.9 Å². The molecule has 2 N–H and O–H groups in total. The summed E-state index contributed by atoms with van der Waals surface area (Å²) in [7, 11) is 0. The first-order chi connectivity index (χ1) is 15.4. The maximum absolute atomic E-state index is 15.7. The van der Waals surface area contributed by atoms with Crippen LogP contribution in [0.25, 0.3) is 0 Å². The quantitative estimate of drug-likeness (QED) is 0.558. The van der Waals surface area contributed by atoms with Gasteiger partial charge in [0.05, 0.1) is 0 Å². The smallest absolute Gasteiger partial charge is 0.349 e. The summed E-state index contributed by atoms with van der Waals surface area (Å²) in [4.78, 5) is 41.7. The van der Waals surface area contributed by atoms with E-state index in [1.54, 1.807) is 24.3 Å². The minimum Gasteiger partial charge on any atom is -0.382 e. The molecule has 2 heterocycles. The second-order valence-corrected chi connectivity index (χ2v) is 7.35. The van der Waals surface area contributed by atoms with E-state index in [1.807, 2.05) is 0 Å². The van der Waals surface area contributed by atoms with Crippen LogP contribution < -0.4 is 5.69 Å². The Morgan fingerprint density at radius 1 is 1.03 bits per heavy atom. The molecule has 0 bridgehead atoms. The molecule has 0 spiro atoms. The summed E-state index contributed by atoms with van der Waals surface area (Å²) < 4.78 is 22.0. The standard InChI is InChI=1S/C23H19FN2O6/c24-18-21(26-13-7-12-25-22(26)30)32-20(17(28)16(27)14-8-3-1-4-9-14)23(18,31)19(29)15-10-5-2-6-11-15/h1-13,17-18,20-21,28,31H/t17?,18-,20-,21?,23-/m1/s1. The zero-order valence-corrected chi connectivity index (χ0v) is 16.6. The average molecular weight is 438 g/mol. The van der Waals surface area contributed by atoms with Crippen molar-refractivity contribution < 1.29 is 28.9 Å². The van der Waals surface area contributed by atoms with Gasteiger partial charge in [-0.05, 0) is 6.07 Å². The van der Waals surface area contributed by atoms with Crippen LogP contribution >= 0.6 is 0 Å². The maximum atomic E-state index is 15.7. The SMILES string of the molecule is O=C(c1ccccc1)C(O)[C@H]1OC(n2cccnc2=O)[C@@H](F)[C@@]1(O)C(=O)c1ccccc1. The van der Waals surface area contributed by atoms with E-state index in [2.05, 4.69) is 4.98 Å². The fourth-order valence-corrected chi connectivity index (χ4v) is 3.77. The van der Waals surface area contributed by atoms with E-state index in [-0.39, 0.29) is 11.1 Å². The third-order valence-corrected chi connectivity index (χ3v) is 5.42. The molecule has 4 rings (SSSR count). The summed E-state index contributed by atoms with van der Waals surface area (Å²) in [6.45, 7) is 0. The number of carbonyl (C=O) groups is 2. The number of alkyl halides is 1. The Hall–Kier alpha value is -3.53. The summed E-state index contributed by atoms with van der Waals surface area (Å²) in [5.74, 6) is -1.96. The number of benzene rings is 2. The molecule has 0 aliphatic carbocycles. The van der Waals surface area contributed by atoms with Crippen molar-refractivity contribution in [3.63, 3.8) is 0 Å². The molecule has 1 aromatic heterocycles. The monoisotopic (exact) mass is 438 g/mol. The van der Waals surface area contributed by atoms with Crippen molar-refractivity contribution >= 4 is 11.6 Å². The van der Waals surface area contributed by atoms with Crippen molar-refractivity contribution in [3.05, 3.63) is 101 Å². The molecule has 9 heteroatoms. The molecule has 1 saturated heterocycles. The zero-order valence-electron chi connectivity index (χ0n) is 16.6. The Labute approximate surface area is 181 Å². The molecular weight excluding hydrogens is 419 g/mol. The highest BCUT2D eigenvalue weighted by atomic mass is 19.1. The Morgan fingerprint density at radius 2 is 1.62 bits per heavy atom. The molecule has 2 aromatic carbocycles. The zero-order chi connectivity index (χ0) is 22.9. The topological polar surface area (TPSA) is 119 Å². The molecule has 5 atom stereocenters. The number of carbonyl (C=O) groups excluding carboxylic acids is 2. The number of halogens is 1. The molecule has 1 aliphatic rings. The van der Waals surface area contributed by atoms with Gasteiger partial charge in [0.15, 0.2) is 29.6 Å². The average Bonchev–Trinajstić information content (AvgIpc) is 3.10. The van der Waals surface area contributed by atoms with Gasteiger partial charge in [0.2, 0.25) is 0 Å². The fourth-order valence-electron chi connectivity index (χ4n) is 3.77. The molecule has 0 radical (unpaired) electrons. The van der Waals surface area contributed by atoms with Crippen LogP contribution in [-0.4, -0.2) is 55.3 Å². The molecule has 0 saturated carbocycles. The van der Waals surface area contributed by atoms with Crippen molar-refractivity contribution in [1.82, 2.24) is 9.55 Å². The number of ketones is 2. The Bertz CT molecular complexity index is 1190. The van der Waals surface area contributed by atoms with Crippen molar-refractivity contribution in [2.75, 3.05) is 0 Å². The Kier molecular flexibility index (Phi) is 5.79. The molecular formula is C23H19FN2O6. The number of ether oxygens (including phenoxy) is 1. The van der Waals surface area contributed by atoms with Gasteiger partial charge in [-0.25, -0.2) is 14.2 Å². The molecule has 1 aliphatic heterocycles. The van der Waals surface area contributed by atoms with Gasteiger partial charge < -0.3 is 14.9 Å². The molecule has 1 fully saturated rings. The fraction of sp³-hybridized carbons (Fsp3) is 0.217. The lowest BCUT2D eigenvalue weighted by atomic mass is 9.81. The van der Waals surface area contributed by atoms with Gasteiger partial charge >= 0.3 is 5.69 Å². The molecule has 32 heavy (non-hydrogen) atoms. The largest absolute Gasteiger partial charge is 0.382 e. The lowest BCUT2D eigenvalue weighted by Crippen LogP contribution is -2.58. The van der Waals surface area contributed by atoms with E-state index in [4.69, 9.17) is 4.74 Å². The van der Waals surface area contributed by atoms with Gasteiger partial charge in [-0.3, -0.25) is 14.2 Å². The molecule has 3 aromatic rings. The van der Waals surface area contributed by atoms with E-state index in [1.165, 1.54) is 54.9 Å². The van der Waals surface area contributed by atoms with Crippen LogP contribution in [0.4, 0.5) is 4.39 Å². The third kappa shape index (κ3) is 3.56. The number of Topliss-reactive ketones (excluding diaryl/α,β-unsaturated/α-hetero) is 2. The number of aliphatic hydroxyl groups is 2. The first kappa shape index (κ1) is 21.7. The van der Waals surface area contributed by atoms with Gasteiger partial charge in [-0.2, -0.15) is 0 Å². The van der Waals surface area contributed by atoms with Crippen molar-refractivity contribution in [1.29, 1.82) is 0 Å². The van der Waals surface area contributed by atoms with E-state index >= 15 is 4.39 Å². The Morgan fingerprint density at radius 3 is 2.22 bits per heavy atom. The van der Waals surface area contributed by atoms with Crippen LogP contribution in [0.1, 0.15) is 26.9 Å². The maximum Gasteiger partial charge on any atom is 0.349 e. The number of aliphatic hydroxyl groups excluding tert-OH is 1. The molecule has 8 nitrogen and oxygen atoms in total. The van der Waals surface area contributed by atoms with Crippen LogP contribution in [0, 0.1) is 0 Å². The van der Waals surface area contributed by atoms with Gasteiger partial charge in [0.25, 0.3) is 0 Å². The summed E-state index contributed by atoms with van der Waals surface area (Å²) in [5.41, 5.74) is -3.81. The second-order valence-electron chi connectivity index (χ2n) is 7.35. The normalized spacial score (nSPS) is 25.9. The summed E-state index contributed by atoms with van der Waals surface area (Å²) in [5, 5.41) is 22.1. The molecule has 2 unspecified atom stereocenters. The lowest BCUT2D eigenvalue weighted by Gasteiger charge is -2.30. The third-order valence-electron chi connectivity index (χ3n) is 5.42. The van der Waals surface area contributed by atoms with E-state index in [9.17, 15) is 24.6 Å². The predicted molar refractivity (Wildman–Crippen MR) is 110 cm³/mol. The van der Waals surface area contributed by atoms with Crippen LogP contribution in [0.5, 0.6) is 0 Å². The van der Waals surface area contributed by atoms with E-state index in [0.717, 1.165) is 4.57 Å². The molecule has 164 valence electrons.